The van der Waals surface area contributed by atoms with Gasteiger partial charge in [-0.15, -0.1) is 0 Å². The smallest absolute Gasteiger partial charge is 0.257 e. The molecule has 2 heterocycles. The predicted octanol–water partition coefficient (Wildman–Crippen LogP) is 4.50. The maximum atomic E-state index is 12.5. The van der Waals surface area contributed by atoms with Crippen molar-refractivity contribution in [3.05, 3.63) is 76.3 Å². The lowest BCUT2D eigenvalue weighted by Gasteiger charge is -2.10. The first-order valence-electron chi connectivity index (χ1n) is 7.22. The first-order valence-corrected chi connectivity index (χ1v) is 8.02. The van der Waals surface area contributed by atoms with E-state index in [1.807, 2.05) is 44.2 Å². The topological polar surface area (TPSA) is 46.9 Å². The number of hydrogen-bond donors (Lipinski definition) is 1. The van der Waals surface area contributed by atoms with Crippen molar-refractivity contribution in [1.29, 1.82) is 0 Å². The van der Waals surface area contributed by atoms with Crippen LogP contribution in [0.15, 0.2) is 59.3 Å². The number of halogens is 1. The Kier molecular flexibility index (Phi) is 4.30. The molecule has 0 atom stereocenters. The Morgan fingerprint density at radius 2 is 1.87 bits per heavy atom. The molecule has 0 fully saturated rings. The van der Waals surface area contributed by atoms with Crippen LogP contribution < -0.4 is 5.32 Å². The Balaban J connectivity index is 1.96. The number of anilines is 1. The Labute approximate surface area is 143 Å². The molecule has 0 spiro atoms. The zero-order valence-corrected chi connectivity index (χ0v) is 14.5. The van der Waals surface area contributed by atoms with Gasteiger partial charge in [-0.05, 0) is 50.2 Å². The minimum Gasteiger partial charge on any atom is -0.322 e. The SMILES string of the molecule is Cc1cc(C(=O)Nc2ccncc2)c(C)n1-c1cccc(Br)c1. The van der Waals surface area contributed by atoms with E-state index in [1.54, 1.807) is 24.5 Å². The number of nitrogens with zero attached hydrogens (tertiary/aromatic N) is 2. The van der Waals surface area contributed by atoms with Gasteiger partial charge in [0.2, 0.25) is 0 Å². The summed E-state index contributed by atoms with van der Waals surface area (Å²) in [5.41, 5.74) is 4.35. The van der Waals surface area contributed by atoms with Gasteiger partial charge in [-0.3, -0.25) is 9.78 Å². The van der Waals surface area contributed by atoms with Gasteiger partial charge >= 0.3 is 0 Å². The van der Waals surface area contributed by atoms with Crippen LogP contribution in [0.2, 0.25) is 0 Å². The second kappa shape index (κ2) is 6.38. The molecule has 3 aromatic rings. The highest BCUT2D eigenvalue weighted by Crippen LogP contribution is 2.23. The summed E-state index contributed by atoms with van der Waals surface area (Å²) in [6.45, 7) is 3.95. The molecular formula is C18H16BrN3O. The third-order valence-electron chi connectivity index (χ3n) is 3.68. The number of aryl methyl sites for hydroxylation is 1. The van der Waals surface area contributed by atoms with Crippen LogP contribution in [0.25, 0.3) is 5.69 Å². The molecule has 5 heteroatoms. The molecule has 0 aliphatic carbocycles. The van der Waals surface area contributed by atoms with Crippen molar-refractivity contribution in [3.63, 3.8) is 0 Å². The molecule has 116 valence electrons. The molecule has 0 unspecified atom stereocenters. The standard InChI is InChI=1S/C18H16BrN3O/c1-12-10-17(18(23)21-15-6-8-20-9-7-15)13(2)22(12)16-5-3-4-14(19)11-16/h3-11H,1-2H3,(H,20,21,23). The van der Waals surface area contributed by atoms with Crippen molar-refractivity contribution < 1.29 is 4.79 Å². The molecular weight excluding hydrogens is 354 g/mol. The fourth-order valence-corrected chi connectivity index (χ4v) is 3.03. The first-order chi connectivity index (χ1) is 11.1. The summed E-state index contributed by atoms with van der Waals surface area (Å²) in [4.78, 5) is 16.5. The van der Waals surface area contributed by atoms with E-state index in [0.29, 0.717) is 5.56 Å². The van der Waals surface area contributed by atoms with Crippen molar-refractivity contribution >= 4 is 27.5 Å². The molecule has 0 aliphatic heterocycles. The second-order valence-corrected chi connectivity index (χ2v) is 6.21. The van der Waals surface area contributed by atoms with E-state index in [0.717, 1.165) is 27.2 Å². The number of amides is 1. The van der Waals surface area contributed by atoms with Crippen molar-refractivity contribution in [3.8, 4) is 5.69 Å². The van der Waals surface area contributed by atoms with Crippen LogP contribution in [-0.4, -0.2) is 15.5 Å². The maximum absolute atomic E-state index is 12.5. The summed E-state index contributed by atoms with van der Waals surface area (Å²) in [7, 11) is 0. The van der Waals surface area contributed by atoms with Crippen LogP contribution in [0, 0.1) is 13.8 Å². The fourth-order valence-electron chi connectivity index (χ4n) is 2.64. The lowest BCUT2D eigenvalue weighted by molar-refractivity contribution is 0.102. The average molecular weight is 370 g/mol. The molecule has 23 heavy (non-hydrogen) atoms. The van der Waals surface area contributed by atoms with Crippen LogP contribution in [0.1, 0.15) is 21.7 Å². The van der Waals surface area contributed by atoms with Gasteiger partial charge in [-0.25, -0.2) is 0 Å². The largest absolute Gasteiger partial charge is 0.322 e. The van der Waals surface area contributed by atoms with E-state index in [-0.39, 0.29) is 5.91 Å². The molecule has 4 nitrogen and oxygen atoms in total. The van der Waals surface area contributed by atoms with E-state index >= 15 is 0 Å². The molecule has 0 saturated heterocycles. The highest BCUT2D eigenvalue weighted by atomic mass is 79.9. The number of pyridine rings is 1. The number of nitrogens with one attached hydrogen (secondary N) is 1. The number of carbonyl (C=O) groups is 1. The van der Waals surface area contributed by atoms with E-state index in [1.165, 1.54) is 0 Å². The van der Waals surface area contributed by atoms with Crippen LogP contribution in [-0.2, 0) is 0 Å². The highest BCUT2D eigenvalue weighted by molar-refractivity contribution is 9.10. The van der Waals surface area contributed by atoms with Gasteiger partial charge in [-0.2, -0.15) is 0 Å². The summed E-state index contributed by atoms with van der Waals surface area (Å²) >= 11 is 3.49. The average Bonchev–Trinajstić information content (AvgIpc) is 2.83. The van der Waals surface area contributed by atoms with Crippen LogP contribution in [0.3, 0.4) is 0 Å². The van der Waals surface area contributed by atoms with Crippen LogP contribution >= 0.6 is 15.9 Å². The van der Waals surface area contributed by atoms with Gasteiger partial charge < -0.3 is 9.88 Å². The monoisotopic (exact) mass is 369 g/mol. The van der Waals surface area contributed by atoms with E-state index in [4.69, 9.17) is 0 Å². The van der Waals surface area contributed by atoms with Gasteiger partial charge in [0.05, 0.1) is 5.56 Å². The molecule has 0 radical (unpaired) electrons. The quantitative estimate of drug-likeness (QED) is 0.738. The maximum Gasteiger partial charge on any atom is 0.257 e. The molecule has 1 aromatic carbocycles. The molecule has 0 bridgehead atoms. The van der Waals surface area contributed by atoms with Gasteiger partial charge in [0.25, 0.3) is 5.91 Å². The van der Waals surface area contributed by atoms with Crippen molar-refractivity contribution in [1.82, 2.24) is 9.55 Å². The van der Waals surface area contributed by atoms with Gasteiger partial charge in [0, 0.05) is 39.6 Å². The summed E-state index contributed by atoms with van der Waals surface area (Å²) in [6.07, 6.45) is 3.31. The van der Waals surface area contributed by atoms with Gasteiger partial charge in [0.1, 0.15) is 0 Å². The van der Waals surface area contributed by atoms with Crippen LogP contribution in [0.5, 0.6) is 0 Å². The van der Waals surface area contributed by atoms with E-state index in [2.05, 4.69) is 30.8 Å². The molecule has 0 saturated carbocycles. The Hall–Kier alpha value is -2.40. The minimum atomic E-state index is -0.120. The van der Waals surface area contributed by atoms with E-state index < -0.39 is 0 Å². The third kappa shape index (κ3) is 3.19. The Bertz CT molecular complexity index is 856. The number of rotatable bonds is 3. The van der Waals surface area contributed by atoms with Crippen molar-refractivity contribution in [2.24, 2.45) is 0 Å². The fraction of sp³-hybridized carbons (Fsp3) is 0.111. The number of hydrogen-bond acceptors (Lipinski definition) is 2. The van der Waals surface area contributed by atoms with E-state index in [9.17, 15) is 4.79 Å². The molecule has 1 N–H and O–H groups in total. The minimum absolute atomic E-state index is 0.120. The number of benzene rings is 1. The third-order valence-corrected chi connectivity index (χ3v) is 4.17. The molecule has 2 aromatic heterocycles. The summed E-state index contributed by atoms with van der Waals surface area (Å²) < 4.78 is 3.08. The molecule has 0 aliphatic rings. The Morgan fingerprint density at radius 1 is 1.13 bits per heavy atom. The zero-order chi connectivity index (χ0) is 16.4. The lowest BCUT2D eigenvalue weighted by Crippen LogP contribution is -2.13. The normalized spacial score (nSPS) is 10.6. The van der Waals surface area contributed by atoms with Gasteiger partial charge in [-0.1, -0.05) is 22.0 Å². The highest BCUT2D eigenvalue weighted by Gasteiger charge is 2.16. The first kappa shape index (κ1) is 15.5. The number of aromatic nitrogens is 2. The second-order valence-electron chi connectivity index (χ2n) is 5.29. The summed E-state index contributed by atoms with van der Waals surface area (Å²) in [6, 6.07) is 13.5. The molecule has 1 amide bonds. The lowest BCUT2D eigenvalue weighted by atomic mass is 10.2. The van der Waals surface area contributed by atoms with Crippen LogP contribution in [0.4, 0.5) is 5.69 Å². The van der Waals surface area contributed by atoms with Crippen molar-refractivity contribution in [2.75, 3.05) is 5.32 Å². The number of carbonyl (C=O) groups excluding carboxylic acids is 1. The van der Waals surface area contributed by atoms with Gasteiger partial charge in [0.15, 0.2) is 0 Å². The Morgan fingerprint density at radius 3 is 2.57 bits per heavy atom. The molecule has 3 rings (SSSR count). The summed E-state index contributed by atoms with van der Waals surface area (Å²) in [5.74, 6) is -0.120. The summed E-state index contributed by atoms with van der Waals surface area (Å²) in [5, 5.41) is 2.90. The predicted molar refractivity (Wildman–Crippen MR) is 95.1 cm³/mol. The van der Waals surface area contributed by atoms with Crippen molar-refractivity contribution in [2.45, 2.75) is 13.8 Å². The zero-order valence-electron chi connectivity index (χ0n) is 12.9.